The highest BCUT2D eigenvalue weighted by atomic mass is 14.9. The van der Waals surface area contributed by atoms with E-state index >= 15 is 0 Å². The van der Waals surface area contributed by atoms with Crippen LogP contribution in [0.2, 0.25) is 0 Å². The van der Waals surface area contributed by atoms with E-state index in [0.29, 0.717) is 0 Å². The first-order chi connectivity index (χ1) is 24.5. The van der Waals surface area contributed by atoms with Crippen LogP contribution >= 0.6 is 0 Å². The quantitative estimate of drug-likeness (QED) is 0.192. The van der Waals surface area contributed by atoms with Gasteiger partial charge in [-0.1, -0.05) is 159 Å². The first-order valence-electron chi connectivity index (χ1n) is 17.4. The minimum Gasteiger partial charge on any atom is -0.236 e. The molecular formula is C48H34N2. The predicted octanol–water partition coefficient (Wildman–Crippen LogP) is 11.6. The molecular weight excluding hydrogens is 605 g/mol. The second-order valence-electron chi connectivity index (χ2n) is 14.2. The van der Waals surface area contributed by atoms with Crippen molar-refractivity contribution >= 4 is 10.9 Å². The topological polar surface area (TPSA) is 25.8 Å². The van der Waals surface area contributed by atoms with Crippen molar-refractivity contribution in [2.75, 3.05) is 0 Å². The molecule has 236 valence electrons. The van der Waals surface area contributed by atoms with Gasteiger partial charge in [-0.15, -0.1) is 0 Å². The third-order valence-corrected chi connectivity index (χ3v) is 11.2. The Bertz CT molecular complexity index is 2580. The molecule has 0 aliphatic heterocycles. The molecule has 50 heavy (non-hydrogen) atoms. The number of benzene rings is 7. The van der Waals surface area contributed by atoms with E-state index in [1.54, 1.807) is 0 Å². The molecule has 2 nitrogen and oxygen atoms in total. The molecule has 1 aromatic heterocycles. The molecule has 0 saturated heterocycles. The smallest absolute Gasteiger partial charge is 0.159 e. The Morgan fingerprint density at radius 1 is 0.400 bits per heavy atom. The molecule has 0 atom stereocenters. The number of rotatable bonds is 3. The van der Waals surface area contributed by atoms with Crippen molar-refractivity contribution in [3.63, 3.8) is 0 Å². The second kappa shape index (κ2) is 10.7. The number of hydrogen-bond acceptors (Lipinski definition) is 2. The average Bonchev–Trinajstić information content (AvgIpc) is 3.47. The summed E-state index contributed by atoms with van der Waals surface area (Å²) in [6.07, 6.45) is 1.97. The van der Waals surface area contributed by atoms with E-state index in [1.807, 2.05) is 24.4 Å². The Morgan fingerprint density at radius 2 is 0.960 bits per heavy atom. The first kappa shape index (κ1) is 28.9. The summed E-state index contributed by atoms with van der Waals surface area (Å²) in [6.45, 7) is 4.75. The van der Waals surface area contributed by atoms with Crippen LogP contribution in [-0.2, 0) is 10.8 Å². The lowest BCUT2D eigenvalue weighted by atomic mass is 9.55. The van der Waals surface area contributed by atoms with Gasteiger partial charge in [-0.25, -0.2) is 9.97 Å². The fourth-order valence-corrected chi connectivity index (χ4v) is 8.94. The molecule has 10 rings (SSSR count). The van der Waals surface area contributed by atoms with Gasteiger partial charge >= 0.3 is 0 Å². The van der Waals surface area contributed by atoms with E-state index in [9.17, 15) is 0 Å². The molecule has 0 fully saturated rings. The SMILES string of the molecule is CC1(C)c2ccccc2C2(c3ccccc3-c3cc(-c4cccc(-c5cccc6nc(-c7ccccc7)ncc56)c4)ccc32)c2ccccc21. The highest BCUT2D eigenvalue weighted by Gasteiger charge is 2.53. The van der Waals surface area contributed by atoms with Gasteiger partial charge in [-0.3, -0.25) is 0 Å². The van der Waals surface area contributed by atoms with Gasteiger partial charge in [-0.05, 0) is 85.0 Å². The summed E-state index contributed by atoms with van der Waals surface area (Å²) in [5.41, 5.74) is 17.1. The lowest BCUT2D eigenvalue weighted by Gasteiger charge is -2.46. The molecule has 0 saturated carbocycles. The minimum atomic E-state index is -0.378. The molecule has 1 heterocycles. The molecule has 0 radical (unpaired) electrons. The van der Waals surface area contributed by atoms with Gasteiger partial charge < -0.3 is 0 Å². The van der Waals surface area contributed by atoms with Crippen LogP contribution in [-0.4, -0.2) is 9.97 Å². The van der Waals surface area contributed by atoms with Crippen molar-refractivity contribution in [2.24, 2.45) is 0 Å². The first-order valence-corrected chi connectivity index (χ1v) is 17.4. The summed E-state index contributed by atoms with van der Waals surface area (Å²) in [4.78, 5) is 9.72. The van der Waals surface area contributed by atoms with E-state index < -0.39 is 0 Å². The number of nitrogens with zero attached hydrogens (tertiary/aromatic N) is 2. The minimum absolute atomic E-state index is 0.105. The number of aromatic nitrogens is 2. The predicted molar refractivity (Wildman–Crippen MR) is 205 cm³/mol. The van der Waals surface area contributed by atoms with Gasteiger partial charge in [0.15, 0.2) is 5.82 Å². The third kappa shape index (κ3) is 3.96. The fourth-order valence-electron chi connectivity index (χ4n) is 8.94. The van der Waals surface area contributed by atoms with Gasteiger partial charge in [0.1, 0.15) is 0 Å². The van der Waals surface area contributed by atoms with Crippen molar-refractivity contribution in [1.82, 2.24) is 9.97 Å². The second-order valence-corrected chi connectivity index (χ2v) is 14.2. The van der Waals surface area contributed by atoms with Crippen molar-refractivity contribution < 1.29 is 0 Å². The largest absolute Gasteiger partial charge is 0.236 e. The Hall–Kier alpha value is -6.12. The zero-order valence-electron chi connectivity index (χ0n) is 28.1. The van der Waals surface area contributed by atoms with Crippen LogP contribution in [0.3, 0.4) is 0 Å². The lowest BCUT2D eigenvalue weighted by Crippen LogP contribution is -2.40. The molecule has 0 bridgehead atoms. The molecule has 2 aliphatic carbocycles. The molecule has 2 aliphatic rings. The summed E-state index contributed by atoms with van der Waals surface area (Å²) < 4.78 is 0. The average molecular weight is 639 g/mol. The highest BCUT2D eigenvalue weighted by molar-refractivity contribution is 5.96. The zero-order valence-corrected chi connectivity index (χ0v) is 28.1. The van der Waals surface area contributed by atoms with Gasteiger partial charge in [0.2, 0.25) is 0 Å². The molecule has 0 unspecified atom stereocenters. The van der Waals surface area contributed by atoms with E-state index in [-0.39, 0.29) is 10.8 Å². The van der Waals surface area contributed by atoms with Crippen LogP contribution in [0.1, 0.15) is 47.2 Å². The molecule has 8 aromatic rings. The summed E-state index contributed by atoms with van der Waals surface area (Å²) in [7, 11) is 0. The summed E-state index contributed by atoms with van der Waals surface area (Å²) in [5.74, 6) is 0.743. The fraction of sp³-hybridized carbons (Fsp3) is 0.0833. The van der Waals surface area contributed by atoms with Crippen molar-refractivity contribution in [1.29, 1.82) is 0 Å². The summed E-state index contributed by atoms with van der Waals surface area (Å²) in [5, 5.41) is 1.05. The maximum atomic E-state index is 4.94. The van der Waals surface area contributed by atoms with Crippen LogP contribution in [0.4, 0.5) is 0 Å². The number of hydrogen-bond donors (Lipinski definition) is 0. The maximum Gasteiger partial charge on any atom is 0.159 e. The van der Waals surface area contributed by atoms with Crippen LogP contribution in [0.15, 0.2) is 170 Å². The third-order valence-electron chi connectivity index (χ3n) is 11.2. The van der Waals surface area contributed by atoms with E-state index in [1.165, 1.54) is 55.6 Å². The van der Waals surface area contributed by atoms with Gasteiger partial charge in [0.05, 0.1) is 10.9 Å². The Kier molecular flexibility index (Phi) is 6.17. The van der Waals surface area contributed by atoms with E-state index in [0.717, 1.165) is 33.4 Å². The molecule has 2 heteroatoms. The van der Waals surface area contributed by atoms with Crippen LogP contribution < -0.4 is 0 Å². The van der Waals surface area contributed by atoms with Crippen molar-refractivity contribution in [3.8, 4) is 44.8 Å². The molecule has 7 aromatic carbocycles. The summed E-state index contributed by atoms with van der Waals surface area (Å²) in [6, 6.07) is 59.9. The normalized spacial score (nSPS) is 14.5. The Labute approximate surface area is 292 Å². The number of fused-ring (bicyclic) bond motifs is 10. The van der Waals surface area contributed by atoms with Crippen molar-refractivity contribution in [2.45, 2.75) is 24.7 Å². The zero-order chi connectivity index (χ0) is 33.5. The monoisotopic (exact) mass is 638 g/mol. The molecule has 0 N–H and O–H groups in total. The van der Waals surface area contributed by atoms with E-state index in [4.69, 9.17) is 9.97 Å². The standard InChI is InChI=1S/C48H34N2/c1-47(2)41-21-8-10-23-43(41)48(44-24-11-9-22-42(44)47)39-20-7-6-18-36(39)37-29-33(26-27-40(37)48)32-16-12-17-34(28-32)35-19-13-25-45-38(35)30-49-46(50-45)31-14-4-3-5-15-31/h3-30H,1-2H3. The maximum absolute atomic E-state index is 4.94. The molecule has 0 amide bonds. The van der Waals surface area contributed by atoms with Crippen LogP contribution in [0.25, 0.3) is 55.7 Å². The van der Waals surface area contributed by atoms with Gasteiger partial charge in [0.25, 0.3) is 0 Å². The summed E-state index contributed by atoms with van der Waals surface area (Å²) >= 11 is 0. The van der Waals surface area contributed by atoms with Crippen LogP contribution in [0.5, 0.6) is 0 Å². The van der Waals surface area contributed by atoms with Gasteiger partial charge in [0, 0.05) is 22.6 Å². The van der Waals surface area contributed by atoms with Gasteiger partial charge in [-0.2, -0.15) is 0 Å². The van der Waals surface area contributed by atoms with Crippen LogP contribution in [0, 0.1) is 0 Å². The Balaban J connectivity index is 1.13. The molecule has 1 spiro atoms. The van der Waals surface area contributed by atoms with E-state index in [2.05, 4.69) is 159 Å². The lowest BCUT2D eigenvalue weighted by molar-refractivity contribution is 0.563. The van der Waals surface area contributed by atoms with Crippen molar-refractivity contribution in [3.05, 3.63) is 203 Å². The highest BCUT2D eigenvalue weighted by Crippen LogP contribution is 2.62. The Morgan fingerprint density at radius 3 is 1.72 bits per heavy atom.